The van der Waals surface area contributed by atoms with Crippen LogP contribution in [0, 0.1) is 17.2 Å². The molecule has 5 nitrogen and oxygen atoms in total. The number of aliphatic carboxylic acids is 1. The number of aromatic nitrogens is 1. The lowest BCUT2D eigenvalue weighted by Gasteiger charge is -2.16. The third kappa shape index (κ3) is 4.11. The van der Waals surface area contributed by atoms with Crippen molar-refractivity contribution in [2.45, 2.75) is 26.3 Å². The molecule has 0 saturated heterocycles. The summed E-state index contributed by atoms with van der Waals surface area (Å²) >= 11 is 0. The van der Waals surface area contributed by atoms with Crippen molar-refractivity contribution in [1.29, 1.82) is 5.26 Å². The molecule has 0 spiro atoms. The Morgan fingerprint density at radius 3 is 2.88 bits per heavy atom. The molecule has 0 aliphatic heterocycles. The van der Waals surface area contributed by atoms with E-state index >= 15 is 0 Å². The lowest BCUT2D eigenvalue weighted by molar-refractivity contribution is -0.138. The molecule has 1 aromatic heterocycles. The Balaban J connectivity index is 2.79. The number of nitrogens with one attached hydrogen (secondary N) is 1. The van der Waals surface area contributed by atoms with E-state index in [0.29, 0.717) is 17.8 Å². The fraction of sp³-hybridized carbons (Fsp3) is 0.417. The Morgan fingerprint density at radius 2 is 2.35 bits per heavy atom. The molecule has 0 radical (unpaired) electrons. The molecule has 0 aliphatic carbocycles. The fourth-order valence-electron chi connectivity index (χ4n) is 1.45. The molecular formula is C12H15N3O2. The maximum absolute atomic E-state index is 11.0. The second-order valence-electron chi connectivity index (χ2n) is 4.21. The lowest BCUT2D eigenvalue weighted by Crippen LogP contribution is -2.31. The molecule has 17 heavy (non-hydrogen) atoms. The summed E-state index contributed by atoms with van der Waals surface area (Å²) in [6.07, 6.45) is 1.99. The van der Waals surface area contributed by atoms with Crippen molar-refractivity contribution in [3.05, 3.63) is 23.9 Å². The smallest absolute Gasteiger partial charge is 0.326 e. The van der Waals surface area contributed by atoms with Crippen LogP contribution in [0.5, 0.6) is 0 Å². The van der Waals surface area contributed by atoms with E-state index in [1.54, 1.807) is 6.07 Å². The minimum atomic E-state index is -0.914. The maximum atomic E-state index is 11.0. The Labute approximate surface area is 100 Å². The first-order valence-corrected chi connectivity index (χ1v) is 5.38. The van der Waals surface area contributed by atoms with Crippen LogP contribution in [0.4, 0.5) is 5.82 Å². The van der Waals surface area contributed by atoms with Crippen LogP contribution >= 0.6 is 0 Å². The maximum Gasteiger partial charge on any atom is 0.326 e. The number of anilines is 1. The zero-order valence-corrected chi connectivity index (χ0v) is 9.84. The summed E-state index contributed by atoms with van der Waals surface area (Å²) < 4.78 is 0. The van der Waals surface area contributed by atoms with Gasteiger partial charge in [-0.3, -0.25) is 0 Å². The average Bonchev–Trinajstić information content (AvgIpc) is 2.27. The standard InChI is InChI=1S/C12H15N3O2/c1-8(2)5-10(12(16)17)15-11-6-9(7-13)3-4-14-11/h3-4,6,8,10H,5H2,1-2H3,(H,14,15)(H,16,17)/t10-/m0/s1. The van der Waals surface area contributed by atoms with Crippen LogP contribution in [-0.2, 0) is 4.79 Å². The number of hydrogen-bond acceptors (Lipinski definition) is 4. The van der Waals surface area contributed by atoms with Crippen molar-refractivity contribution in [3.63, 3.8) is 0 Å². The van der Waals surface area contributed by atoms with E-state index in [0.717, 1.165) is 0 Å². The van der Waals surface area contributed by atoms with Crippen molar-refractivity contribution in [3.8, 4) is 6.07 Å². The first-order valence-electron chi connectivity index (χ1n) is 5.38. The van der Waals surface area contributed by atoms with E-state index in [4.69, 9.17) is 10.4 Å². The number of nitriles is 1. The molecule has 1 atom stereocenters. The molecule has 5 heteroatoms. The Kier molecular flexibility index (Phi) is 4.46. The van der Waals surface area contributed by atoms with Crippen LogP contribution in [0.15, 0.2) is 18.3 Å². The zero-order chi connectivity index (χ0) is 12.8. The largest absolute Gasteiger partial charge is 0.480 e. The van der Waals surface area contributed by atoms with Crippen molar-refractivity contribution in [2.75, 3.05) is 5.32 Å². The summed E-state index contributed by atoms with van der Waals surface area (Å²) in [5, 5.41) is 20.6. The summed E-state index contributed by atoms with van der Waals surface area (Å²) in [5.41, 5.74) is 0.455. The van der Waals surface area contributed by atoms with Gasteiger partial charge < -0.3 is 10.4 Å². The number of carbonyl (C=O) groups is 1. The highest BCUT2D eigenvalue weighted by Gasteiger charge is 2.18. The second kappa shape index (κ2) is 5.85. The summed E-state index contributed by atoms with van der Waals surface area (Å²) in [6.45, 7) is 3.91. The quantitative estimate of drug-likeness (QED) is 0.810. The first-order chi connectivity index (χ1) is 8.02. The highest BCUT2D eigenvalue weighted by Crippen LogP contribution is 2.12. The molecule has 0 saturated carbocycles. The number of carboxylic acids is 1. The van der Waals surface area contributed by atoms with Gasteiger partial charge in [-0.15, -0.1) is 0 Å². The van der Waals surface area contributed by atoms with Gasteiger partial charge >= 0.3 is 5.97 Å². The monoisotopic (exact) mass is 233 g/mol. The summed E-state index contributed by atoms with van der Waals surface area (Å²) in [7, 11) is 0. The van der Waals surface area contributed by atoms with E-state index in [1.807, 2.05) is 19.9 Å². The van der Waals surface area contributed by atoms with Gasteiger partial charge in [0.15, 0.2) is 0 Å². The zero-order valence-electron chi connectivity index (χ0n) is 9.84. The predicted octanol–water partition coefficient (Wildman–Crippen LogP) is 1.86. The van der Waals surface area contributed by atoms with Gasteiger partial charge in [-0.05, 0) is 24.5 Å². The number of nitrogens with zero attached hydrogens (tertiary/aromatic N) is 2. The van der Waals surface area contributed by atoms with Gasteiger partial charge in [0.05, 0.1) is 11.6 Å². The molecular weight excluding hydrogens is 218 g/mol. The summed E-state index contributed by atoms with van der Waals surface area (Å²) in [5.74, 6) is -0.234. The SMILES string of the molecule is CC(C)C[C@H](Nc1cc(C#N)ccn1)C(=O)O. The van der Waals surface area contributed by atoms with Crippen LogP contribution in [0.1, 0.15) is 25.8 Å². The molecule has 90 valence electrons. The molecule has 0 fully saturated rings. The van der Waals surface area contributed by atoms with Gasteiger partial charge in [-0.2, -0.15) is 5.26 Å². The Morgan fingerprint density at radius 1 is 1.65 bits per heavy atom. The molecule has 1 heterocycles. The van der Waals surface area contributed by atoms with E-state index in [1.165, 1.54) is 12.3 Å². The minimum Gasteiger partial charge on any atom is -0.480 e. The molecule has 0 amide bonds. The molecule has 2 N–H and O–H groups in total. The fourth-order valence-corrected chi connectivity index (χ4v) is 1.45. The van der Waals surface area contributed by atoms with E-state index < -0.39 is 12.0 Å². The number of rotatable bonds is 5. The number of carboxylic acid groups (broad SMARTS) is 1. The van der Waals surface area contributed by atoms with Gasteiger partial charge in [0.1, 0.15) is 11.9 Å². The molecule has 0 aliphatic rings. The van der Waals surface area contributed by atoms with Gasteiger partial charge in [-0.25, -0.2) is 9.78 Å². The first kappa shape index (κ1) is 13.0. The van der Waals surface area contributed by atoms with Crippen LogP contribution < -0.4 is 5.32 Å². The Bertz CT molecular complexity index is 438. The molecule has 1 aromatic rings. The van der Waals surface area contributed by atoms with E-state index in [9.17, 15) is 4.79 Å². The highest BCUT2D eigenvalue weighted by atomic mass is 16.4. The Hall–Kier alpha value is -2.09. The van der Waals surface area contributed by atoms with E-state index in [2.05, 4.69) is 10.3 Å². The molecule has 0 bridgehead atoms. The van der Waals surface area contributed by atoms with Gasteiger partial charge in [0.25, 0.3) is 0 Å². The normalized spacial score (nSPS) is 11.9. The predicted molar refractivity (Wildman–Crippen MR) is 63.5 cm³/mol. The summed E-state index contributed by atoms with van der Waals surface area (Å²) in [6, 6.07) is 4.41. The van der Waals surface area contributed by atoms with Gasteiger partial charge in [0.2, 0.25) is 0 Å². The third-order valence-electron chi connectivity index (χ3n) is 2.22. The highest BCUT2D eigenvalue weighted by molar-refractivity contribution is 5.76. The second-order valence-corrected chi connectivity index (χ2v) is 4.21. The average molecular weight is 233 g/mol. The van der Waals surface area contributed by atoms with Crippen molar-refractivity contribution < 1.29 is 9.90 Å². The minimum absolute atomic E-state index is 0.266. The van der Waals surface area contributed by atoms with Gasteiger partial charge in [-0.1, -0.05) is 13.8 Å². The molecule has 0 unspecified atom stereocenters. The molecule has 1 rings (SSSR count). The van der Waals surface area contributed by atoms with E-state index in [-0.39, 0.29) is 5.92 Å². The number of hydrogen-bond donors (Lipinski definition) is 2. The van der Waals surface area contributed by atoms with Crippen LogP contribution in [0.2, 0.25) is 0 Å². The molecule has 0 aromatic carbocycles. The number of pyridine rings is 1. The van der Waals surface area contributed by atoms with Crippen LogP contribution in [0.3, 0.4) is 0 Å². The summed E-state index contributed by atoms with van der Waals surface area (Å²) in [4.78, 5) is 15.0. The van der Waals surface area contributed by atoms with Crippen LogP contribution in [0.25, 0.3) is 0 Å². The van der Waals surface area contributed by atoms with Crippen molar-refractivity contribution in [2.24, 2.45) is 5.92 Å². The van der Waals surface area contributed by atoms with Crippen molar-refractivity contribution in [1.82, 2.24) is 4.98 Å². The van der Waals surface area contributed by atoms with Gasteiger partial charge in [0, 0.05) is 6.20 Å². The van der Waals surface area contributed by atoms with Crippen molar-refractivity contribution >= 4 is 11.8 Å². The third-order valence-corrected chi connectivity index (χ3v) is 2.22. The van der Waals surface area contributed by atoms with Crippen LogP contribution in [-0.4, -0.2) is 22.1 Å². The lowest BCUT2D eigenvalue weighted by atomic mass is 10.0. The topological polar surface area (TPSA) is 86.0 Å².